The van der Waals surface area contributed by atoms with Crippen LogP contribution in [0.5, 0.6) is 0 Å². The highest BCUT2D eigenvalue weighted by atomic mass is 16.1. The average Bonchev–Trinajstić information content (AvgIpc) is 2.37. The molecule has 13 heavy (non-hydrogen) atoms. The molecule has 1 rings (SSSR count). The van der Waals surface area contributed by atoms with Crippen LogP contribution in [0.25, 0.3) is 0 Å². The van der Waals surface area contributed by atoms with Gasteiger partial charge in [0, 0.05) is 0 Å². The smallest absolute Gasteiger partial charge is 0.222 e. The molecule has 1 fully saturated rings. The molecule has 0 aromatic heterocycles. The molecule has 1 aliphatic rings. The van der Waals surface area contributed by atoms with Crippen LogP contribution in [0.3, 0.4) is 0 Å². The number of rotatable bonds is 0. The second-order valence-electron chi connectivity index (χ2n) is 2.68. The maximum Gasteiger partial charge on any atom is 0.231 e. The van der Waals surface area contributed by atoms with Crippen molar-refractivity contribution in [2.75, 3.05) is 0 Å². The third-order valence-corrected chi connectivity index (χ3v) is 1.75. The molecule has 0 aromatic carbocycles. The predicted molar refractivity (Wildman–Crippen MR) is 49.1 cm³/mol. The van der Waals surface area contributed by atoms with E-state index in [1.165, 1.54) is 44.9 Å². The fourth-order valence-corrected chi connectivity index (χ4v) is 1.24. The van der Waals surface area contributed by atoms with Crippen LogP contribution in [0, 0.1) is 10.8 Å². The van der Waals surface area contributed by atoms with Gasteiger partial charge in [0.05, 0.1) is 0 Å². The van der Waals surface area contributed by atoms with Gasteiger partial charge in [-0.1, -0.05) is 44.9 Å². The molecule has 0 unspecified atom stereocenters. The zero-order valence-corrected chi connectivity index (χ0v) is 7.77. The van der Waals surface area contributed by atoms with E-state index in [1.54, 1.807) is 0 Å². The molecule has 4 heteroatoms. The van der Waals surface area contributed by atoms with Crippen molar-refractivity contribution in [1.29, 1.82) is 10.8 Å². The van der Waals surface area contributed by atoms with Crippen LogP contribution in [0.15, 0.2) is 0 Å². The highest BCUT2D eigenvalue weighted by molar-refractivity contribution is 5.26. The minimum absolute atomic E-state index is 0.750. The minimum atomic E-state index is 0.750. The van der Waals surface area contributed by atoms with Gasteiger partial charge in [-0.2, -0.15) is 0 Å². The van der Waals surface area contributed by atoms with Crippen molar-refractivity contribution < 1.29 is 9.59 Å². The number of nitrogens with one attached hydrogen (secondary N) is 2. The van der Waals surface area contributed by atoms with E-state index in [-0.39, 0.29) is 0 Å². The highest BCUT2D eigenvalue weighted by Crippen LogP contribution is 2.15. The van der Waals surface area contributed by atoms with Crippen LogP contribution < -0.4 is 0 Å². The lowest BCUT2D eigenvalue weighted by Gasteiger charge is -1.85. The SMILES string of the molecule is C1CCCCCC1.N=C=O.N=C=O. The predicted octanol–water partition coefficient (Wildman–Crippen LogP) is 2.53. The second kappa shape index (κ2) is 17.0. The van der Waals surface area contributed by atoms with E-state index in [2.05, 4.69) is 0 Å². The molecule has 0 amide bonds. The van der Waals surface area contributed by atoms with E-state index in [0.29, 0.717) is 0 Å². The van der Waals surface area contributed by atoms with Crippen molar-refractivity contribution in [2.45, 2.75) is 44.9 Å². The van der Waals surface area contributed by atoms with Crippen molar-refractivity contribution in [3.63, 3.8) is 0 Å². The summed E-state index contributed by atoms with van der Waals surface area (Å²) in [5, 5.41) is 10.8. The van der Waals surface area contributed by atoms with Crippen LogP contribution in [0.4, 0.5) is 0 Å². The molecule has 2 N–H and O–H groups in total. The molecule has 0 saturated heterocycles. The normalized spacial score (nSPS) is 14.2. The van der Waals surface area contributed by atoms with Gasteiger partial charge in [-0.05, 0) is 0 Å². The molecule has 0 radical (unpaired) electrons. The molecule has 4 nitrogen and oxygen atoms in total. The zero-order valence-electron chi connectivity index (χ0n) is 7.77. The van der Waals surface area contributed by atoms with Gasteiger partial charge in [0.2, 0.25) is 12.2 Å². The summed E-state index contributed by atoms with van der Waals surface area (Å²) in [5.74, 6) is 0. The Morgan fingerprint density at radius 2 is 0.692 bits per heavy atom. The van der Waals surface area contributed by atoms with Crippen molar-refractivity contribution >= 4 is 12.2 Å². The molecule has 0 atom stereocenters. The van der Waals surface area contributed by atoms with Gasteiger partial charge in [0.1, 0.15) is 0 Å². The quantitative estimate of drug-likeness (QED) is 0.344. The summed E-state index contributed by atoms with van der Waals surface area (Å²) in [5.41, 5.74) is 0. The van der Waals surface area contributed by atoms with E-state index in [9.17, 15) is 0 Å². The first-order valence-electron chi connectivity index (χ1n) is 4.41. The van der Waals surface area contributed by atoms with Crippen molar-refractivity contribution in [2.24, 2.45) is 0 Å². The van der Waals surface area contributed by atoms with Crippen molar-refractivity contribution in [3.8, 4) is 0 Å². The first kappa shape index (κ1) is 14.3. The van der Waals surface area contributed by atoms with Crippen molar-refractivity contribution in [3.05, 3.63) is 0 Å². The van der Waals surface area contributed by atoms with Crippen LogP contribution >= 0.6 is 0 Å². The van der Waals surface area contributed by atoms with E-state index >= 15 is 0 Å². The molecule has 0 aliphatic heterocycles. The average molecular weight is 184 g/mol. The highest BCUT2D eigenvalue weighted by Gasteiger charge is 1.95. The van der Waals surface area contributed by atoms with Crippen LogP contribution in [0.1, 0.15) is 44.9 Å². The number of carbonyl (C=O) groups excluding carboxylic acids is 2. The fraction of sp³-hybridized carbons (Fsp3) is 0.778. The van der Waals surface area contributed by atoms with Crippen LogP contribution in [-0.4, -0.2) is 12.2 Å². The summed E-state index contributed by atoms with van der Waals surface area (Å²) in [4.78, 5) is 16.7. The lowest BCUT2D eigenvalue weighted by molar-refractivity contribution is 0.562. The van der Waals surface area contributed by atoms with Gasteiger partial charge in [0.25, 0.3) is 0 Å². The Morgan fingerprint density at radius 1 is 0.615 bits per heavy atom. The van der Waals surface area contributed by atoms with Crippen LogP contribution in [-0.2, 0) is 9.59 Å². The van der Waals surface area contributed by atoms with Gasteiger partial charge in [-0.3, -0.25) is 0 Å². The van der Waals surface area contributed by atoms with Gasteiger partial charge in [-0.25, -0.2) is 20.4 Å². The third kappa shape index (κ3) is 24.9. The molecule has 0 heterocycles. The summed E-state index contributed by atoms with van der Waals surface area (Å²) in [6.45, 7) is 0. The standard InChI is InChI=1S/C7H14.2CHNO/c1-2-4-6-7-5-3-1;2*2-1-3/h1-7H2;2*2H. The molecular weight excluding hydrogens is 168 g/mol. The number of isocyanates is 2. The van der Waals surface area contributed by atoms with Gasteiger partial charge >= 0.3 is 0 Å². The Morgan fingerprint density at radius 3 is 0.769 bits per heavy atom. The summed E-state index contributed by atoms with van der Waals surface area (Å²) in [6.07, 6.45) is 12.0. The number of hydrogen-bond acceptors (Lipinski definition) is 4. The van der Waals surface area contributed by atoms with Gasteiger partial charge in [-0.15, -0.1) is 0 Å². The molecule has 0 aromatic rings. The maximum absolute atomic E-state index is 8.35. The lowest BCUT2D eigenvalue weighted by atomic mass is 10.2. The largest absolute Gasteiger partial charge is 0.231 e. The van der Waals surface area contributed by atoms with E-state index in [0.717, 1.165) is 12.2 Å². The third-order valence-electron chi connectivity index (χ3n) is 1.75. The summed E-state index contributed by atoms with van der Waals surface area (Å²) in [6, 6.07) is 0. The minimum Gasteiger partial charge on any atom is -0.222 e. The molecule has 0 spiro atoms. The Kier molecular flexibility index (Phi) is 18.7. The zero-order chi connectivity index (χ0) is 10.4. The fourth-order valence-electron chi connectivity index (χ4n) is 1.24. The van der Waals surface area contributed by atoms with E-state index in [1.807, 2.05) is 0 Å². The van der Waals surface area contributed by atoms with Crippen molar-refractivity contribution in [1.82, 2.24) is 0 Å². The molecule has 1 aliphatic carbocycles. The second-order valence-corrected chi connectivity index (χ2v) is 2.68. The Labute approximate surface area is 78.4 Å². The maximum atomic E-state index is 8.35. The monoisotopic (exact) mass is 184 g/mol. The molecular formula is C9H16N2O2. The first-order chi connectivity index (χ1) is 6.33. The first-order valence-corrected chi connectivity index (χ1v) is 4.41. The van der Waals surface area contributed by atoms with E-state index in [4.69, 9.17) is 20.4 Å². The summed E-state index contributed by atoms with van der Waals surface area (Å²) in [7, 11) is 0. The van der Waals surface area contributed by atoms with Gasteiger partial charge in [0.15, 0.2) is 0 Å². The summed E-state index contributed by atoms with van der Waals surface area (Å²) < 4.78 is 0. The Hall–Kier alpha value is -1.24. The van der Waals surface area contributed by atoms with Gasteiger partial charge < -0.3 is 0 Å². The Bertz CT molecular complexity index is 125. The molecule has 74 valence electrons. The molecule has 0 bridgehead atoms. The van der Waals surface area contributed by atoms with Crippen LogP contribution in [0.2, 0.25) is 0 Å². The number of hydrogen-bond donors (Lipinski definition) is 2. The molecule has 1 saturated carbocycles. The van der Waals surface area contributed by atoms with E-state index < -0.39 is 0 Å². The lowest BCUT2D eigenvalue weighted by Crippen LogP contribution is -1.66. The topological polar surface area (TPSA) is 81.8 Å². The summed E-state index contributed by atoms with van der Waals surface area (Å²) >= 11 is 0. The Balaban J connectivity index is 0.